The second-order valence-corrected chi connectivity index (χ2v) is 7.40. The lowest BCUT2D eigenvalue weighted by atomic mass is 10.2. The molecule has 9 heteroatoms. The summed E-state index contributed by atoms with van der Waals surface area (Å²) in [6.45, 7) is 7.89. The van der Waals surface area contributed by atoms with E-state index in [9.17, 15) is 4.79 Å². The van der Waals surface area contributed by atoms with Crippen molar-refractivity contribution in [2.45, 2.75) is 33.2 Å². The molecule has 0 aliphatic rings. The molecule has 0 aliphatic heterocycles. The Morgan fingerprint density at radius 1 is 1.09 bits per heavy atom. The van der Waals surface area contributed by atoms with Gasteiger partial charge in [-0.3, -0.25) is 15.1 Å². The number of fused-ring (bicyclic) bond motifs is 1. The van der Waals surface area contributed by atoms with Crippen molar-refractivity contribution < 1.29 is 9.32 Å². The van der Waals surface area contributed by atoms with Gasteiger partial charge in [-0.2, -0.15) is 4.98 Å². The molecule has 0 atom stereocenters. The van der Waals surface area contributed by atoms with E-state index in [0.29, 0.717) is 24.1 Å². The summed E-state index contributed by atoms with van der Waals surface area (Å²) in [5.74, 6) is 1.32. The molecule has 0 radical (unpaired) electrons. The molecule has 3 aromatic heterocycles. The molecule has 0 fully saturated rings. The molecular weight excluding hydrogens is 406 g/mol. The van der Waals surface area contributed by atoms with E-state index in [1.807, 2.05) is 36.4 Å². The highest BCUT2D eigenvalue weighted by Crippen LogP contribution is 2.20. The predicted octanol–water partition coefficient (Wildman–Crippen LogP) is 3.39. The first kappa shape index (κ1) is 21.6. The number of anilines is 1. The molecule has 1 aromatic carbocycles. The lowest BCUT2D eigenvalue weighted by Crippen LogP contribution is -2.27. The number of para-hydroxylation sites is 2. The van der Waals surface area contributed by atoms with Gasteiger partial charge in [-0.1, -0.05) is 31.1 Å². The van der Waals surface area contributed by atoms with Crippen molar-refractivity contribution >= 4 is 22.9 Å². The van der Waals surface area contributed by atoms with Crippen LogP contribution in [-0.2, 0) is 17.8 Å². The van der Waals surface area contributed by atoms with Gasteiger partial charge in [0.2, 0.25) is 23.6 Å². The molecule has 0 unspecified atom stereocenters. The maximum absolute atomic E-state index is 12.7. The number of amides is 1. The third-order valence-corrected chi connectivity index (χ3v) is 5.41. The van der Waals surface area contributed by atoms with Crippen LogP contribution in [0.4, 0.5) is 5.95 Å². The van der Waals surface area contributed by atoms with E-state index in [2.05, 4.69) is 48.7 Å². The summed E-state index contributed by atoms with van der Waals surface area (Å²) in [6.07, 6.45) is 3.91. The topological polar surface area (TPSA) is 102 Å². The molecule has 0 saturated heterocycles. The average Bonchev–Trinajstić information content (AvgIpc) is 3.44. The lowest BCUT2D eigenvalue weighted by molar-refractivity contribution is -0.116. The van der Waals surface area contributed by atoms with Crippen LogP contribution in [-0.4, -0.2) is 55.1 Å². The van der Waals surface area contributed by atoms with Crippen molar-refractivity contribution in [2.24, 2.45) is 0 Å². The quantitative estimate of drug-likeness (QED) is 0.409. The molecule has 9 nitrogen and oxygen atoms in total. The highest BCUT2D eigenvalue weighted by molar-refractivity contribution is 5.91. The third kappa shape index (κ3) is 5.00. The summed E-state index contributed by atoms with van der Waals surface area (Å²) in [6, 6.07) is 11.5. The van der Waals surface area contributed by atoms with Crippen LogP contribution >= 0.6 is 0 Å². The molecule has 0 saturated carbocycles. The number of aromatic nitrogens is 5. The van der Waals surface area contributed by atoms with Crippen molar-refractivity contribution in [1.82, 2.24) is 29.6 Å². The minimum Gasteiger partial charge on any atom is -0.339 e. The Morgan fingerprint density at radius 3 is 2.66 bits per heavy atom. The number of imidazole rings is 1. The van der Waals surface area contributed by atoms with Gasteiger partial charge in [0.25, 0.3) is 0 Å². The normalized spacial score (nSPS) is 11.3. The van der Waals surface area contributed by atoms with E-state index in [-0.39, 0.29) is 12.3 Å². The van der Waals surface area contributed by atoms with E-state index in [1.54, 1.807) is 12.4 Å². The summed E-state index contributed by atoms with van der Waals surface area (Å²) in [4.78, 5) is 28.0. The summed E-state index contributed by atoms with van der Waals surface area (Å²) >= 11 is 0. The van der Waals surface area contributed by atoms with E-state index in [1.165, 1.54) is 0 Å². The second-order valence-electron chi connectivity index (χ2n) is 7.40. The molecule has 166 valence electrons. The molecule has 0 spiro atoms. The Balaban J connectivity index is 1.42. The average molecular weight is 434 g/mol. The second kappa shape index (κ2) is 10.1. The zero-order chi connectivity index (χ0) is 22.3. The Hall–Kier alpha value is -3.59. The molecule has 1 amide bonds. The largest absolute Gasteiger partial charge is 0.339 e. The maximum Gasteiger partial charge on any atom is 0.227 e. The van der Waals surface area contributed by atoms with Crippen LogP contribution in [0.15, 0.2) is 53.3 Å². The van der Waals surface area contributed by atoms with Crippen molar-refractivity contribution in [3.05, 3.63) is 54.7 Å². The van der Waals surface area contributed by atoms with Gasteiger partial charge in [0.1, 0.15) is 0 Å². The number of benzene rings is 1. The molecule has 32 heavy (non-hydrogen) atoms. The molecule has 1 N–H and O–H groups in total. The summed E-state index contributed by atoms with van der Waals surface area (Å²) in [5, 5.41) is 6.95. The van der Waals surface area contributed by atoms with Gasteiger partial charge in [0.15, 0.2) is 0 Å². The van der Waals surface area contributed by atoms with E-state index in [4.69, 9.17) is 4.52 Å². The maximum atomic E-state index is 12.7. The smallest absolute Gasteiger partial charge is 0.227 e. The fourth-order valence-corrected chi connectivity index (χ4v) is 3.56. The van der Waals surface area contributed by atoms with E-state index < -0.39 is 0 Å². The minimum atomic E-state index is -0.145. The number of pyridine rings is 1. The Bertz CT molecular complexity index is 1170. The van der Waals surface area contributed by atoms with Crippen LogP contribution in [0.3, 0.4) is 0 Å². The van der Waals surface area contributed by atoms with Gasteiger partial charge >= 0.3 is 0 Å². The van der Waals surface area contributed by atoms with Crippen molar-refractivity contribution in [1.29, 1.82) is 0 Å². The van der Waals surface area contributed by atoms with E-state index in [0.717, 1.165) is 42.8 Å². The first-order valence-electron chi connectivity index (χ1n) is 10.9. The zero-order valence-corrected chi connectivity index (χ0v) is 18.4. The van der Waals surface area contributed by atoms with Gasteiger partial charge in [-0.15, -0.1) is 0 Å². The molecule has 4 rings (SSSR count). The van der Waals surface area contributed by atoms with Gasteiger partial charge in [0, 0.05) is 43.9 Å². The van der Waals surface area contributed by atoms with Crippen LogP contribution in [0, 0.1) is 0 Å². The van der Waals surface area contributed by atoms with Crippen LogP contribution in [0.2, 0.25) is 0 Å². The van der Waals surface area contributed by atoms with Crippen molar-refractivity contribution in [2.75, 3.05) is 25.0 Å². The Morgan fingerprint density at radius 2 is 1.88 bits per heavy atom. The number of carbonyl (C=O) groups is 1. The Labute approximate surface area is 186 Å². The van der Waals surface area contributed by atoms with Crippen LogP contribution in [0.1, 0.15) is 26.2 Å². The Kier molecular flexibility index (Phi) is 6.86. The van der Waals surface area contributed by atoms with Crippen molar-refractivity contribution in [3.8, 4) is 11.4 Å². The molecule has 3 heterocycles. The number of aryl methyl sites for hydroxylation is 1. The number of nitrogens with one attached hydrogen (secondary N) is 1. The monoisotopic (exact) mass is 433 g/mol. The van der Waals surface area contributed by atoms with Gasteiger partial charge in [-0.05, 0) is 37.4 Å². The number of hydrogen-bond acceptors (Lipinski definition) is 7. The van der Waals surface area contributed by atoms with Gasteiger partial charge in [0.05, 0.1) is 11.0 Å². The van der Waals surface area contributed by atoms with E-state index >= 15 is 0 Å². The predicted molar refractivity (Wildman–Crippen MR) is 122 cm³/mol. The van der Waals surface area contributed by atoms with Gasteiger partial charge < -0.3 is 14.0 Å². The molecule has 0 aliphatic carbocycles. The number of hydrogen-bond donors (Lipinski definition) is 1. The number of rotatable bonds is 10. The number of carbonyl (C=O) groups excluding carboxylic acids is 1. The zero-order valence-electron chi connectivity index (χ0n) is 18.4. The lowest BCUT2D eigenvalue weighted by Gasteiger charge is -2.19. The highest BCUT2D eigenvalue weighted by Gasteiger charge is 2.15. The first-order valence-corrected chi connectivity index (χ1v) is 10.9. The summed E-state index contributed by atoms with van der Waals surface area (Å²) in [7, 11) is 0. The van der Waals surface area contributed by atoms with Crippen LogP contribution in [0.25, 0.3) is 22.4 Å². The molecule has 0 bridgehead atoms. The van der Waals surface area contributed by atoms with Gasteiger partial charge in [-0.25, -0.2) is 4.98 Å². The third-order valence-electron chi connectivity index (χ3n) is 5.41. The van der Waals surface area contributed by atoms with Crippen LogP contribution in [0.5, 0.6) is 0 Å². The molecular formula is C23H27N7O2. The van der Waals surface area contributed by atoms with Crippen LogP contribution < -0.4 is 5.32 Å². The van der Waals surface area contributed by atoms with Crippen molar-refractivity contribution in [3.63, 3.8) is 0 Å². The minimum absolute atomic E-state index is 0.145. The fourth-order valence-electron chi connectivity index (χ4n) is 3.56. The fraction of sp³-hybridized carbons (Fsp3) is 0.348. The summed E-state index contributed by atoms with van der Waals surface area (Å²) < 4.78 is 7.36. The SMILES string of the molecule is CCN(CC)CCn1c(NC(=O)CCc2nc(-c3ccncc3)no2)nc2ccccc21. The number of likely N-dealkylation sites (N-methyl/N-ethyl adjacent to an activating group) is 1. The molecule has 4 aromatic rings. The first-order chi connectivity index (χ1) is 15.7. The number of nitrogens with zero attached hydrogens (tertiary/aromatic N) is 6. The highest BCUT2D eigenvalue weighted by atomic mass is 16.5. The summed E-state index contributed by atoms with van der Waals surface area (Å²) in [5.41, 5.74) is 2.69. The standard InChI is InChI=1S/C23H27N7O2/c1-3-29(4-2)15-16-30-19-8-6-5-7-18(19)25-23(30)26-20(31)9-10-21-27-22(28-32-21)17-11-13-24-14-12-17/h5-8,11-14H,3-4,9-10,15-16H2,1-2H3,(H,25,26,31).